The Morgan fingerprint density at radius 1 is 1.23 bits per heavy atom. The lowest BCUT2D eigenvalue weighted by atomic mass is 10.1. The fraction of sp³-hybridized carbons (Fsp3) is 0.444. The van der Waals surface area contributed by atoms with E-state index in [0.717, 1.165) is 11.3 Å². The van der Waals surface area contributed by atoms with Crippen LogP contribution in [0.1, 0.15) is 42.4 Å². The van der Waals surface area contributed by atoms with E-state index in [-0.39, 0.29) is 11.4 Å². The van der Waals surface area contributed by atoms with Gasteiger partial charge in [0, 0.05) is 16.4 Å². The van der Waals surface area contributed by atoms with Gasteiger partial charge in [0.2, 0.25) is 0 Å². The predicted molar refractivity (Wildman–Crippen MR) is 100 cm³/mol. The summed E-state index contributed by atoms with van der Waals surface area (Å²) in [4.78, 5) is 13.0. The molecule has 0 radical (unpaired) electrons. The molecule has 0 aliphatic carbocycles. The summed E-state index contributed by atoms with van der Waals surface area (Å²) in [6.45, 7) is 6.02. The van der Waals surface area contributed by atoms with E-state index in [9.17, 15) is 9.00 Å². The second kappa shape index (κ2) is 6.75. The molecular weight excluding hydrogens is 354 g/mol. The number of para-hydroxylation sites is 1. The molecule has 1 N–H and O–H groups in total. The zero-order valence-electron chi connectivity index (χ0n) is 15.6. The standard InChI is InChI=1S/C18H23N3O4S/c1-18(2,3)21-16(12-9-26(23)10-13(12)20-21)19-17(22)11-7-6-8-14(24-4)15(11)25-5/h6-8H,9-10H2,1-5H3,(H,19,22)/t26-/m1/s1. The lowest BCUT2D eigenvalue weighted by molar-refractivity contribution is 0.102. The first-order valence-electron chi connectivity index (χ1n) is 8.24. The summed E-state index contributed by atoms with van der Waals surface area (Å²) in [6.07, 6.45) is 0. The zero-order chi connectivity index (χ0) is 19.1. The summed E-state index contributed by atoms with van der Waals surface area (Å²) in [5.74, 6) is 1.94. The maximum absolute atomic E-state index is 13.0. The van der Waals surface area contributed by atoms with Crippen molar-refractivity contribution in [3.05, 3.63) is 35.0 Å². The number of benzene rings is 1. The smallest absolute Gasteiger partial charge is 0.260 e. The minimum atomic E-state index is -0.976. The van der Waals surface area contributed by atoms with Crippen LogP contribution in [0.4, 0.5) is 5.82 Å². The van der Waals surface area contributed by atoms with Gasteiger partial charge in [-0.3, -0.25) is 9.00 Å². The van der Waals surface area contributed by atoms with Gasteiger partial charge >= 0.3 is 0 Å². The fourth-order valence-electron chi connectivity index (χ4n) is 2.98. The molecule has 1 aromatic heterocycles. The molecule has 2 heterocycles. The molecule has 1 amide bonds. The van der Waals surface area contributed by atoms with Crippen LogP contribution in [0.25, 0.3) is 0 Å². The Balaban J connectivity index is 2.02. The van der Waals surface area contributed by atoms with Crippen molar-refractivity contribution in [3.8, 4) is 11.5 Å². The highest BCUT2D eigenvalue weighted by Crippen LogP contribution is 2.35. The maximum atomic E-state index is 13.0. The van der Waals surface area contributed by atoms with Crippen molar-refractivity contribution < 1.29 is 18.5 Å². The molecule has 0 saturated carbocycles. The SMILES string of the molecule is COc1cccc(C(=O)Nc2c3c(nn2C(C)(C)C)C[S@](=O)C3)c1OC. The number of nitrogens with zero attached hydrogens (tertiary/aromatic N) is 2. The van der Waals surface area contributed by atoms with E-state index in [2.05, 4.69) is 10.4 Å². The van der Waals surface area contributed by atoms with Crippen molar-refractivity contribution in [2.75, 3.05) is 19.5 Å². The van der Waals surface area contributed by atoms with Crippen LogP contribution in [0.3, 0.4) is 0 Å². The number of carbonyl (C=O) groups excluding carboxylic acids is 1. The molecule has 2 aromatic rings. The summed E-state index contributed by atoms with van der Waals surface area (Å²) in [6, 6.07) is 5.14. The van der Waals surface area contributed by atoms with Crippen LogP contribution in [0.5, 0.6) is 11.5 Å². The molecule has 0 fully saturated rings. The molecule has 1 atom stereocenters. The third-order valence-electron chi connectivity index (χ3n) is 4.18. The van der Waals surface area contributed by atoms with Crippen LogP contribution in [0, 0.1) is 0 Å². The number of hydrogen-bond donors (Lipinski definition) is 1. The molecule has 140 valence electrons. The average molecular weight is 377 g/mol. The molecule has 0 spiro atoms. The predicted octanol–water partition coefficient (Wildman–Crippen LogP) is 2.67. The summed E-state index contributed by atoms with van der Waals surface area (Å²) in [5, 5.41) is 7.54. The van der Waals surface area contributed by atoms with Crippen LogP contribution < -0.4 is 14.8 Å². The highest BCUT2D eigenvalue weighted by atomic mass is 32.2. The van der Waals surface area contributed by atoms with Gasteiger partial charge in [0.05, 0.1) is 42.5 Å². The monoisotopic (exact) mass is 377 g/mol. The molecule has 0 bridgehead atoms. The highest BCUT2D eigenvalue weighted by molar-refractivity contribution is 7.83. The average Bonchev–Trinajstić information content (AvgIpc) is 3.10. The van der Waals surface area contributed by atoms with Crippen molar-refractivity contribution in [1.82, 2.24) is 9.78 Å². The number of aromatic nitrogens is 2. The van der Waals surface area contributed by atoms with Gasteiger partial charge in [0.25, 0.3) is 5.91 Å². The normalized spacial score (nSPS) is 16.3. The molecule has 7 nitrogen and oxygen atoms in total. The molecule has 8 heteroatoms. The first kappa shape index (κ1) is 18.4. The van der Waals surface area contributed by atoms with Crippen LogP contribution in [-0.2, 0) is 27.8 Å². The van der Waals surface area contributed by atoms with E-state index in [1.165, 1.54) is 14.2 Å². The van der Waals surface area contributed by atoms with Gasteiger partial charge in [-0.05, 0) is 32.9 Å². The van der Waals surface area contributed by atoms with Gasteiger partial charge in [-0.25, -0.2) is 4.68 Å². The number of methoxy groups -OCH3 is 2. The molecule has 1 aliphatic rings. The number of rotatable bonds is 4. The summed E-state index contributed by atoms with van der Waals surface area (Å²) in [7, 11) is 2.04. The maximum Gasteiger partial charge on any atom is 0.260 e. The molecule has 0 saturated heterocycles. The van der Waals surface area contributed by atoms with Gasteiger partial charge in [-0.15, -0.1) is 0 Å². The Labute approximate surface area is 155 Å². The van der Waals surface area contributed by atoms with Gasteiger partial charge in [0.1, 0.15) is 5.82 Å². The largest absolute Gasteiger partial charge is 0.493 e. The van der Waals surface area contributed by atoms with Crippen LogP contribution >= 0.6 is 0 Å². The Kier molecular flexibility index (Phi) is 4.79. The number of fused-ring (bicyclic) bond motifs is 1. The number of amides is 1. The van der Waals surface area contributed by atoms with Crippen LogP contribution in [0.15, 0.2) is 18.2 Å². The van der Waals surface area contributed by atoms with E-state index >= 15 is 0 Å². The molecular formula is C18H23N3O4S. The minimum absolute atomic E-state index is 0.326. The fourth-order valence-corrected chi connectivity index (χ4v) is 4.25. The third kappa shape index (κ3) is 3.21. The van der Waals surface area contributed by atoms with Crippen LogP contribution in [-0.4, -0.2) is 34.1 Å². The minimum Gasteiger partial charge on any atom is -0.493 e. The second-order valence-electron chi connectivity index (χ2n) is 7.08. The topological polar surface area (TPSA) is 82.5 Å². The zero-order valence-corrected chi connectivity index (χ0v) is 16.4. The van der Waals surface area contributed by atoms with Crippen molar-refractivity contribution >= 4 is 22.5 Å². The third-order valence-corrected chi connectivity index (χ3v) is 5.39. The van der Waals surface area contributed by atoms with E-state index in [4.69, 9.17) is 9.47 Å². The first-order chi connectivity index (χ1) is 12.3. The Hall–Kier alpha value is -2.35. The molecule has 0 unspecified atom stereocenters. The molecule has 1 aliphatic heterocycles. The van der Waals surface area contributed by atoms with E-state index in [1.54, 1.807) is 22.9 Å². The number of carbonyl (C=O) groups is 1. The summed E-state index contributed by atoms with van der Waals surface area (Å²) in [5.41, 5.74) is 1.66. The van der Waals surface area contributed by atoms with Crippen molar-refractivity contribution in [2.45, 2.75) is 37.8 Å². The van der Waals surface area contributed by atoms with E-state index in [1.807, 2.05) is 20.8 Å². The van der Waals surface area contributed by atoms with Gasteiger partial charge < -0.3 is 14.8 Å². The van der Waals surface area contributed by atoms with Crippen molar-refractivity contribution in [3.63, 3.8) is 0 Å². The lowest BCUT2D eigenvalue weighted by Gasteiger charge is -2.23. The number of ether oxygens (including phenoxy) is 2. The van der Waals surface area contributed by atoms with Gasteiger partial charge in [-0.2, -0.15) is 5.10 Å². The number of nitrogens with one attached hydrogen (secondary N) is 1. The Bertz CT molecular complexity index is 883. The van der Waals surface area contributed by atoms with Gasteiger partial charge in [-0.1, -0.05) is 6.07 Å². The van der Waals surface area contributed by atoms with E-state index in [0.29, 0.717) is 34.4 Å². The van der Waals surface area contributed by atoms with E-state index < -0.39 is 10.8 Å². The number of anilines is 1. The molecule has 1 aromatic carbocycles. The second-order valence-corrected chi connectivity index (χ2v) is 8.54. The molecule has 3 rings (SSSR count). The van der Waals surface area contributed by atoms with Crippen LogP contribution in [0.2, 0.25) is 0 Å². The Morgan fingerprint density at radius 3 is 2.58 bits per heavy atom. The summed E-state index contributed by atoms with van der Waals surface area (Å²) >= 11 is 0. The lowest BCUT2D eigenvalue weighted by Crippen LogP contribution is -2.27. The first-order valence-corrected chi connectivity index (χ1v) is 9.73. The highest BCUT2D eigenvalue weighted by Gasteiger charge is 2.32. The molecule has 26 heavy (non-hydrogen) atoms. The van der Waals surface area contributed by atoms with Crippen molar-refractivity contribution in [1.29, 1.82) is 0 Å². The van der Waals surface area contributed by atoms with Gasteiger partial charge in [0.15, 0.2) is 11.5 Å². The number of hydrogen-bond acceptors (Lipinski definition) is 5. The van der Waals surface area contributed by atoms with Crippen molar-refractivity contribution in [2.24, 2.45) is 0 Å². The summed E-state index contributed by atoms with van der Waals surface area (Å²) < 4.78 is 24.3. The quantitative estimate of drug-likeness (QED) is 0.886. The Morgan fingerprint density at radius 2 is 1.96 bits per heavy atom.